The number of pyridine rings is 2. The zero-order valence-electron chi connectivity index (χ0n) is 26.6. The van der Waals surface area contributed by atoms with Gasteiger partial charge in [-0.05, 0) is 77.4 Å². The summed E-state index contributed by atoms with van der Waals surface area (Å²) in [7, 11) is -4.18. The van der Waals surface area contributed by atoms with E-state index >= 15 is 0 Å². The third-order valence-corrected chi connectivity index (χ3v) is 8.41. The molecular formula is C33H38N6O6S. The molecule has 12 nitrogen and oxygen atoms in total. The van der Waals surface area contributed by atoms with Crippen LogP contribution in [0, 0.1) is 0 Å². The number of carbonyl (C=O) groups is 2. The molecule has 3 heterocycles. The fraction of sp³-hybridized carbons (Fsp3) is 0.333. The highest BCUT2D eigenvalue weighted by Crippen LogP contribution is 2.38. The minimum Gasteiger partial charge on any atom is -0.459 e. The molecule has 0 aliphatic rings. The quantitative estimate of drug-likeness (QED) is 0.236. The zero-order chi connectivity index (χ0) is 33.7. The van der Waals surface area contributed by atoms with Crippen LogP contribution < -0.4 is 10.6 Å². The van der Waals surface area contributed by atoms with E-state index in [-0.39, 0.29) is 16.5 Å². The van der Waals surface area contributed by atoms with Crippen LogP contribution in [0.1, 0.15) is 64.1 Å². The first kappa shape index (κ1) is 34.1. The molecule has 242 valence electrons. The lowest BCUT2D eigenvalue weighted by Gasteiger charge is -2.28. The van der Waals surface area contributed by atoms with Gasteiger partial charge in [0.05, 0.1) is 11.7 Å². The molecule has 0 bridgehead atoms. The minimum absolute atomic E-state index is 0.0265. The summed E-state index contributed by atoms with van der Waals surface area (Å²) in [4.78, 5) is 44.3. The SMILES string of the molecule is CC(C)(C)OC(=O)CN(C(=O)OC(C)(C)C)c1cccc(C(N)C(c2ccc(-c3ncccn3)cc2)S(=O)(=O)c2ccccn2)n1. The topological polar surface area (TPSA) is 168 Å². The van der Waals surface area contributed by atoms with Crippen molar-refractivity contribution in [3.63, 3.8) is 0 Å². The molecule has 46 heavy (non-hydrogen) atoms. The second-order valence-electron chi connectivity index (χ2n) is 12.4. The molecule has 0 radical (unpaired) electrons. The van der Waals surface area contributed by atoms with Gasteiger partial charge in [-0.15, -0.1) is 0 Å². The van der Waals surface area contributed by atoms with E-state index in [2.05, 4.69) is 19.9 Å². The Bertz CT molecular complexity index is 1760. The highest BCUT2D eigenvalue weighted by atomic mass is 32.2. The Hall–Kier alpha value is -4.75. The van der Waals surface area contributed by atoms with Gasteiger partial charge in [0.2, 0.25) is 9.84 Å². The second kappa shape index (κ2) is 13.7. The molecule has 0 aliphatic heterocycles. The molecule has 2 unspecified atom stereocenters. The van der Waals surface area contributed by atoms with E-state index < -0.39 is 50.9 Å². The highest BCUT2D eigenvalue weighted by molar-refractivity contribution is 7.91. The Morgan fingerprint density at radius 2 is 1.43 bits per heavy atom. The van der Waals surface area contributed by atoms with E-state index in [0.717, 1.165) is 4.90 Å². The first-order valence-corrected chi connectivity index (χ1v) is 16.1. The van der Waals surface area contributed by atoms with E-state index in [1.165, 1.54) is 18.3 Å². The fourth-order valence-electron chi connectivity index (χ4n) is 4.48. The molecule has 2 atom stereocenters. The van der Waals surface area contributed by atoms with Gasteiger partial charge in [-0.3, -0.25) is 9.69 Å². The van der Waals surface area contributed by atoms with E-state index in [4.69, 9.17) is 15.2 Å². The van der Waals surface area contributed by atoms with Crippen molar-refractivity contribution >= 4 is 27.7 Å². The molecule has 1 amide bonds. The average molecular weight is 647 g/mol. The molecule has 0 aliphatic carbocycles. The van der Waals surface area contributed by atoms with Gasteiger partial charge in [-0.2, -0.15) is 0 Å². The van der Waals surface area contributed by atoms with Gasteiger partial charge in [-0.25, -0.2) is 33.1 Å². The second-order valence-corrected chi connectivity index (χ2v) is 14.4. The normalized spacial score (nSPS) is 13.4. The molecular weight excluding hydrogens is 608 g/mol. The fourth-order valence-corrected chi connectivity index (χ4v) is 6.26. The van der Waals surface area contributed by atoms with Crippen molar-refractivity contribution in [2.24, 2.45) is 5.73 Å². The van der Waals surface area contributed by atoms with Crippen molar-refractivity contribution < 1.29 is 27.5 Å². The smallest absolute Gasteiger partial charge is 0.416 e. The van der Waals surface area contributed by atoms with Crippen molar-refractivity contribution in [1.29, 1.82) is 0 Å². The summed E-state index contributed by atoms with van der Waals surface area (Å²) in [6.45, 7) is 9.71. The van der Waals surface area contributed by atoms with Crippen LogP contribution in [-0.2, 0) is 24.1 Å². The van der Waals surface area contributed by atoms with Crippen molar-refractivity contribution in [3.8, 4) is 11.4 Å². The van der Waals surface area contributed by atoms with Crippen LogP contribution in [0.2, 0.25) is 0 Å². The molecule has 0 fully saturated rings. The highest BCUT2D eigenvalue weighted by Gasteiger charge is 2.37. The Balaban J connectivity index is 1.77. The first-order chi connectivity index (χ1) is 21.5. The third kappa shape index (κ3) is 8.70. The summed E-state index contributed by atoms with van der Waals surface area (Å²) in [5, 5.41) is -1.50. The lowest BCUT2D eigenvalue weighted by Crippen LogP contribution is -2.42. The number of rotatable bonds is 9. The van der Waals surface area contributed by atoms with Crippen molar-refractivity contribution in [1.82, 2.24) is 19.9 Å². The number of ether oxygens (including phenoxy) is 2. The number of hydrogen-bond donors (Lipinski definition) is 1. The number of amides is 1. The summed E-state index contributed by atoms with van der Waals surface area (Å²) < 4.78 is 39.2. The van der Waals surface area contributed by atoms with Gasteiger partial charge in [0.15, 0.2) is 10.9 Å². The number of aromatic nitrogens is 4. The zero-order valence-corrected chi connectivity index (χ0v) is 27.4. The van der Waals surface area contributed by atoms with Gasteiger partial charge in [0.1, 0.15) is 28.8 Å². The number of benzene rings is 1. The Kier molecular flexibility index (Phi) is 10.2. The van der Waals surface area contributed by atoms with Gasteiger partial charge in [0.25, 0.3) is 0 Å². The lowest BCUT2D eigenvalue weighted by atomic mass is 10.0. The molecule has 0 spiro atoms. The molecule has 4 rings (SSSR count). The van der Waals surface area contributed by atoms with Crippen LogP contribution in [0.25, 0.3) is 11.4 Å². The number of hydrogen-bond acceptors (Lipinski definition) is 11. The monoisotopic (exact) mass is 646 g/mol. The maximum Gasteiger partial charge on any atom is 0.416 e. The summed E-state index contributed by atoms with van der Waals surface area (Å²) in [5.41, 5.74) is 6.28. The number of nitrogens with two attached hydrogens (primary N) is 1. The van der Waals surface area contributed by atoms with Crippen LogP contribution in [0.15, 0.2) is 90.3 Å². The van der Waals surface area contributed by atoms with Crippen LogP contribution in [-0.4, -0.2) is 58.2 Å². The molecule has 0 saturated heterocycles. The van der Waals surface area contributed by atoms with Gasteiger partial charge < -0.3 is 15.2 Å². The van der Waals surface area contributed by atoms with Crippen molar-refractivity contribution in [2.45, 2.75) is 69.1 Å². The number of esters is 1. The number of sulfone groups is 1. The predicted octanol–water partition coefficient (Wildman–Crippen LogP) is 5.23. The van der Waals surface area contributed by atoms with E-state index in [1.807, 2.05) is 0 Å². The summed E-state index contributed by atoms with van der Waals surface area (Å²) >= 11 is 0. The molecule has 0 saturated carbocycles. The largest absolute Gasteiger partial charge is 0.459 e. The van der Waals surface area contributed by atoms with Gasteiger partial charge in [0, 0.05) is 24.2 Å². The molecule has 2 N–H and O–H groups in total. The summed E-state index contributed by atoms with van der Waals surface area (Å²) in [6, 6.07) is 16.4. The average Bonchev–Trinajstić information content (AvgIpc) is 2.99. The van der Waals surface area contributed by atoms with Crippen LogP contribution >= 0.6 is 0 Å². The maximum absolute atomic E-state index is 14.1. The predicted molar refractivity (Wildman–Crippen MR) is 172 cm³/mol. The molecule has 3 aromatic heterocycles. The summed E-state index contributed by atoms with van der Waals surface area (Å²) in [6.07, 6.45) is 3.78. The third-order valence-electron chi connectivity index (χ3n) is 6.35. The molecule has 4 aromatic rings. The van der Waals surface area contributed by atoms with Crippen LogP contribution in [0.5, 0.6) is 0 Å². The lowest BCUT2D eigenvalue weighted by molar-refractivity contribution is -0.153. The molecule has 1 aromatic carbocycles. The number of anilines is 1. The Morgan fingerprint density at radius 3 is 2.02 bits per heavy atom. The Labute approximate surface area is 269 Å². The molecule has 13 heteroatoms. The van der Waals surface area contributed by atoms with Gasteiger partial charge >= 0.3 is 12.1 Å². The Morgan fingerprint density at radius 1 is 0.804 bits per heavy atom. The van der Waals surface area contributed by atoms with Crippen LogP contribution in [0.4, 0.5) is 10.6 Å². The van der Waals surface area contributed by atoms with E-state index in [1.54, 1.807) is 109 Å². The maximum atomic E-state index is 14.1. The van der Waals surface area contributed by atoms with Crippen molar-refractivity contribution in [2.75, 3.05) is 11.4 Å². The van der Waals surface area contributed by atoms with E-state index in [0.29, 0.717) is 17.0 Å². The van der Waals surface area contributed by atoms with E-state index in [9.17, 15) is 18.0 Å². The van der Waals surface area contributed by atoms with Crippen molar-refractivity contribution in [3.05, 3.63) is 96.6 Å². The van der Waals surface area contributed by atoms with Gasteiger partial charge in [-0.1, -0.05) is 36.4 Å². The summed E-state index contributed by atoms with van der Waals surface area (Å²) in [5.74, 6) is -0.185. The van der Waals surface area contributed by atoms with Crippen LogP contribution in [0.3, 0.4) is 0 Å². The standard InChI is InChI=1S/C33H38N6O6S/c1-32(2,3)44-27(40)21-39(31(41)45-33(4,5)6)25-12-9-11-24(38-25)28(34)29(46(42,43)26-13-7-8-18-35-26)22-14-16-23(17-15-22)30-36-19-10-20-37-30/h7-20,28-29H,21,34H2,1-6H3. The minimum atomic E-state index is -4.18. The number of carbonyl (C=O) groups excluding carboxylic acids is 2. The first-order valence-electron chi connectivity index (χ1n) is 14.5. The number of nitrogens with zero attached hydrogens (tertiary/aromatic N) is 5.